The smallest absolute Gasteiger partial charge is 0.260 e. The minimum atomic E-state index is -0.0783. The molecule has 12 heteroatoms. The number of fused-ring (bicyclic) bond motifs is 16. The van der Waals surface area contributed by atoms with Crippen molar-refractivity contribution in [3.8, 4) is 79.4 Å². The zero-order chi connectivity index (χ0) is 72.1. The Morgan fingerprint density at radius 1 is 0.191 bits per heavy atom. The van der Waals surface area contributed by atoms with Gasteiger partial charge in [-0.05, 0) is 258 Å². The van der Waals surface area contributed by atoms with Gasteiger partial charge in [-0.3, -0.25) is 0 Å². The molecule has 0 saturated carbocycles. The maximum atomic E-state index is 7.23. The summed E-state index contributed by atoms with van der Waals surface area (Å²) in [5, 5.41) is 0. The lowest BCUT2D eigenvalue weighted by Gasteiger charge is -2.44. The molecule has 0 atom stereocenters. The first-order valence-electron chi connectivity index (χ1n) is 38.1. The van der Waals surface area contributed by atoms with Crippen LogP contribution in [-0.2, 0) is 0 Å². The molecule has 16 aromatic carbocycles. The number of hydrogen-bond donors (Lipinski definition) is 0. The van der Waals surface area contributed by atoms with Crippen LogP contribution in [0.2, 0.25) is 0 Å². The van der Waals surface area contributed by atoms with E-state index in [1.54, 1.807) is 0 Å². The third-order valence-corrected chi connectivity index (χ3v) is 24.4. The van der Waals surface area contributed by atoms with E-state index < -0.39 is 0 Å². The summed E-state index contributed by atoms with van der Waals surface area (Å²) in [4.78, 5) is 9.91. The summed E-state index contributed by atoms with van der Waals surface area (Å²) in [6, 6.07) is 125. The van der Waals surface area contributed by atoms with Crippen LogP contribution in [0.4, 0.5) is 68.2 Å². The van der Waals surface area contributed by atoms with Gasteiger partial charge in [0.1, 0.15) is 46.0 Å². The van der Waals surface area contributed by atoms with E-state index in [-0.39, 0.29) is 26.9 Å². The summed E-state index contributed by atoms with van der Waals surface area (Å²) >= 11 is 0. The van der Waals surface area contributed by atoms with Crippen molar-refractivity contribution in [1.29, 1.82) is 0 Å². The van der Waals surface area contributed by atoms with Gasteiger partial charge in [0.15, 0.2) is 0 Å². The van der Waals surface area contributed by atoms with E-state index in [9.17, 15) is 0 Å². The molecule has 0 aromatic heterocycles. The number of para-hydroxylation sites is 5. The highest BCUT2D eigenvalue weighted by Gasteiger charge is 2.47. The highest BCUT2D eigenvalue weighted by atomic mass is 16.5. The number of anilines is 12. The number of ether oxygens (including phenoxy) is 4. The van der Waals surface area contributed by atoms with Crippen LogP contribution >= 0.6 is 0 Å². The van der Waals surface area contributed by atoms with Gasteiger partial charge < -0.3 is 38.5 Å². The van der Waals surface area contributed by atoms with E-state index in [0.717, 1.165) is 169 Å². The molecule has 0 fully saturated rings. The Morgan fingerprint density at radius 2 is 0.491 bits per heavy atom. The van der Waals surface area contributed by atoms with Gasteiger partial charge in [0.25, 0.3) is 26.9 Å². The molecule has 0 radical (unpaired) electrons. The van der Waals surface area contributed by atoms with E-state index in [0.29, 0.717) is 0 Å². The summed E-state index contributed by atoms with van der Waals surface area (Å²) in [5.74, 6) is 6.92. The molecule has 16 aromatic rings. The highest BCUT2D eigenvalue weighted by Crippen LogP contribution is 2.50. The number of rotatable bonds is 7. The Balaban J connectivity index is 0.567. The Bertz CT molecular complexity index is 6720. The van der Waals surface area contributed by atoms with Gasteiger partial charge in [-0.25, -0.2) is 0 Å². The average Bonchev–Trinajstić information content (AvgIpc) is 0.799. The van der Waals surface area contributed by atoms with E-state index in [1.807, 2.05) is 6.07 Å². The molecule has 24 rings (SSSR count). The zero-order valence-corrected chi connectivity index (χ0v) is 60.1. The molecule has 8 nitrogen and oxygen atoms in total. The first-order valence-corrected chi connectivity index (χ1v) is 38.1. The average molecular weight is 1400 g/mol. The molecule has 110 heavy (non-hydrogen) atoms. The van der Waals surface area contributed by atoms with Crippen LogP contribution < -0.4 is 104 Å². The summed E-state index contributed by atoms with van der Waals surface area (Å²) in [6.07, 6.45) is 0. The molecule has 0 spiro atoms. The molecular weight excluding hydrogens is 1340 g/mol. The fraction of sp³-hybridized carbons (Fsp3) is 0.0204. The van der Waals surface area contributed by atoms with Crippen molar-refractivity contribution in [3.05, 3.63) is 351 Å². The molecule has 0 unspecified atom stereocenters. The van der Waals surface area contributed by atoms with Crippen LogP contribution in [0.5, 0.6) is 46.0 Å². The van der Waals surface area contributed by atoms with Gasteiger partial charge in [0.05, 0.1) is 0 Å². The zero-order valence-electron chi connectivity index (χ0n) is 60.1. The lowest BCUT2D eigenvalue weighted by Crippen LogP contribution is -2.61. The Morgan fingerprint density at radius 3 is 0.982 bits per heavy atom. The fourth-order valence-electron chi connectivity index (χ4n) is 19.6. The van der Waals surface area contributed by atoms with Crippen LogP contribution in [0.1, 0.15) is 11.1 Å². The Kier molecular flexibility index (Phi) is 13.0. The topological polar surface area (TPSA) is 49.9 Å². The molecule has 510 valence electrons. The van der Waals surface area contributed by atoms with Crippen molar-refractivity contribution < 1.29 is 18.9 Å². The van der Waals surface area contributed by atoms with E-state index in [4.69, 9.17) is 18.9 Å². The molecule has 8 heterocycles. The van der Waals surface area contributed by atoms with Gasteiger partial charge in [-0.15, -0.1) is 0 Å². The van der Waals surface area contributed by atoms with Crippen LogP contribution in [-0.4, -0.2) is 26.9 Å². The van der Waals surface area contributed by atoms with E-state index >= 15 is 0 Å². The second-order valence-electron chi connectivity index (χ2n) is 30.2. The quantitative estimate of drug-likeness (QED) is 0.146. The number of benzene rings is 16. The Labute approximate surface area is 639 Å². The van der Waals surface area contributed by atoms with Crippen molar-refractivity contribution in [2.75, 3.05) is 19.6 Å². The lowest BCUT2D eigenvalue weighted by molar-refractivity contribution is 0.464. The molecule has 8 aliphatic heterocycles. The van der Waals surface area contributed by atoms with Gasteiger partial charge in [0.2, 0.25) is 0 Å². The van der Waals surface area contributed by atoms with Crippen LogP contribution in [0.3, 0.4) is 0 Å². The van der Waals surface area contributed by atoms with Gasteiger partial charge >= 0.3 is 0 Å². The van der Waals surface area contributed by atoms with Crippen molar-refractivity contribution in [2.24, 2.45) is 0 Å². The SMILES string of the molecule is Cc1ccccc1-c1ccc2c(c1)Oc1cccc3c1B2c1ccc(-c2cc(-c4ccc5c(c4)Oc4cccc6c4B5c4ccccc4N6c4cccc(N5c6ccccc6B6c7ccccc7N(c7cccc(N8c9ccccc9B9c%10ccccc%10Oc%10cccc8c%109)c7)c7cccc5c76)c4)ccc2C)cc1O3. The van der Waals surface area contributed by atoms with Crippen molar-refractivity contribution in [2.45, 2.75) is 13.8 Å². The number of hydrogen-bond acceptors (Lipinski definition) is 8. The minimum Gasteiger partial charge on any atom is -0.458 e. The molecule has 0 bridgehead atoms. The normalized spacial score (nSPS) is 13.9. The standard InChI is InChI=1S/C98H62B4N4O4/c1-59-21-3-4-26-69(59)63-48-51-77-93(55-63)109-90-43-20-44-91-98(90)102(77)78-52-49-64(56-94(78)110-91)70-53-61(46-45-60(70)2)62-47-50-76-92(54-62)108-89-42-19-39-86-97(89)101(76)74-30-8-13-35-82(74)106(86)68-25-16-23-66(58-68)104-80-33-11-6-28-72(80)99-71-27-5-10-32-79(71)103(83-36-17-37-84(104)95(83)99)65-22-15-24-67(57-65)105-81-34-12-7-29-73(81)100-75-31-9-14-40-87(75)107-88-41-18-38-85(105)96(88)100/h3-58H,1-2H3. The van der Waals surface area contributed by atoms with E-state index in [1.165, 1.54) is 54.9 Å². The predicted molar refractivity (Wildman–Crippen MR) is 456 cm³/mol. The Hall–Kier alpha value is -13.8. The summed E-state index contributed by atoms with van der Waals surface area (Å²) < 4.78 is 27.5. The van der Waals surface area contributed by atoms with E-state index in [2.05, 4.69) is 367 Å². The molecular formula is C98H62B4N4O4. The first kappa shape index (κ1) is 61.3. The third-order valence-electron chi connectivity index (χ3n) is 24.4. The second kappa shape index (κ2) is 23.3. The summed E-state index contributed by atoms with van der Waals surface area (Å²) in [7, 11) is 0. The summed E-state index contributed by atoms with van der Waals surface area (Å²) in [6.45, 7) is 4.25. The number of nitrogens with zero attached hydrogens (tertiary/aromatic N) is 4. The highest BCUT2D eigenvalue weighted by molar-refractivity contribution is 7.01. The maximum absolute atomic E-state index is 7.23. The van der Waals surface area contributed by atoms with Gasteiger partial charge in [-0.2, -0.15) is 0 Å². The second-order valence-corrected chi connectivity index (χ2v) is 30.2. The third kappa shape index (κ3) is 8.84. The van der Waals surface area contributed by atoms with Crippen molar-refractivity contribution in [3.63, 3.8) is 0 Å². The molecule has 0 amide bonds. The summed E-state index contributed by atoms with van der Waals surface area (Å²) in [5.41, 5.74) is 36.8. The predicted octanol–water partition coefficient (Wildman–Crippen LogP) is 16.9. The molecule has 0 N–H and O–H groups in total. The van der Waals surface area contributed by atoms with Crippen LogP contribution in [0, 0.1) is 13.8 Å². The first-order chi connectivity index (χ1) is 54.4. The molecule has 0 aliphatic carbocycles. The largest absolute Gasteiger partial charge is 0.458 e. The van der Waals surface area contributed by atoms with Crippen molar-refractivity contribution in [1.82, 2.24) is 0 Å². The fourth-order valence-corrected chi connectivity index (χ4v) is 19.6. The monoisotopic (exact) mass is 1400 g/mol. The van der Waals surface area contributed by atoms with Gasteiger partial charge in [-0.1, -0.05) is 200 Å². The maximum Gasteiger partial charge on any atom is 0.260 e. The lowest BCUT2D eigenvalue weighted by atomic mass is 9.33. The van der Waals surface area contributed by atoms with Gasteiger partial charge in [0, 0.05) is 73.7 Å². The van der Waals surface area contributed by atoms with Crippen LogP contribution in [0.15, 0.2) is 340 Å². The van der Waals surface area contributed by atoms with Crippen molar-refractivity contribution >= 4 is 161 Å². The minimum absolute atomic E-state index is 0.0283. The molecule has 8 aliphatic rings. The molecule has 0 saturated heterocycles. The number of aryl methyl sites for hydroxylation is 2. The van der Waals surface area contributed by atoms with Crippen LogP contribution in [0.25, 0.3) is 33.4 Å².